The molecule has 3 rings (SSSR count). The lowest BCUT2D eigenvalue weighted by Crippen LogP contribution is -2.51. The van der Waals surface area contributed by atoms with Gasteiger partial charge in [0.15, 0.2) is 11.9 Å². The number of methoxy groups -OCH3 is 1. The zero-order valence-corrected chi connectivity index (χ0v) is 20.7. The molecule has 1 aliphatic heterocycles. The van der Waals surface area contributed by atoms with Gasteiger partial charge in [0.1, 0.15) is 11.3 Å². The summed E-state index contributed by atoms with van der Waals surface area (Å²) in [4.78, 5) is 33.3. The summed E-state index contributed by atoms with van der Waals surface area (Å²) in [5.41, 5.74) is 0.969. The van der Waals surface area contributed by atoms with Crippen LogP contribution in [-0.4, -0.2) is 88.6 Å². The topological polar surface area (TPSA) is 136 Å². The molecule has 2 aromatic heterocycles. The predicted octanol–water partition coefficient (Wildman–Crippen LogP) is 1.92. The van der Waals surface area contributed by atoms with E-state index < -0.39 is 17.6 Å². The van der Waals surface area contributed by atoms with Gasteiger partial charge in [-0.25, -0.2) is 9.59 Å². The van der Waals surface area contributed by atoms with Crippen molar-refractivity contribution in [3.8, 4) is 11.5 Å². The molecule has 0 saturated carbocycles. The zero-order valence-electron chi connectivity index (χ0n) is 20.7. The Kier molecular flexibility index (Phi) is 8.26. The largest absolute Gasteiger partial charge is 0.467 e. The van der Waals surface area contributed by atoms with Crippen LogP contribution in [0, 0.1) is 13.8 Å². The number of hydrogen-bond acceptors (Lipinski definition) is 10. The summed E-state index contributed by atoms with van der Waals surface area (Å²) in [6.07, 6.45) is 0.767. The number of nitrogens with one attached hydrogen (secondary N) is 1. The molecule has 12 heteroatoms. The smallest absolute Gasteiger partial charge is 0.330 e. The van der Waals surface area contributed by atoms with E-state index in [9.17, 15) is 9.59 Å². The van der Waals surface area contributed by atoms with E-state index in [1.807, 2.05) is 27.7 Å². The maximum Gasteiger partial charge on any atom is 0.330 e. The van der Waals surface area contributed by atoms with Crippen LogP contribution in [0.4, 0.5) is 4.79 Å². The zero-order chi connectivity index (χ0) is 24.9. The molecule has 1 N–H and O–H groups in total. The number of esters is 1. The molecule has 3 heterocycles. The molecule has 1 atom stereocenters. The predicted molar refractivity (Wildman–Crippen MR) is 121 cm³/mol. The van der Waals surface area contributed by atoms with Crippen molar-refractivity contribution >= 4 is 12.0 Å². The number of amides is 2. The SMILES string of the molecule is COC(=O)C(COC(C)(C)C)NC(=O)N1CCCN(Cc2noc(-c3c(C)noc3C)n2)CC1. The first-order valence-electron chi connectivity index (χ1n) is 11.3. The van der Waals surface area contributed by atoms with Crippen LogP contribution in [0.5, 0.6) is 0 Å². The summed E-state index contributed by atoms with van der Waals surface area (Å²) in [5.74, 6) is 1.02. The van der Waals surface area contributed by atoms with Crippen LogP contribution in [0.25, 0.3) is 11.5 Å². The van der Waals surface area contributed by atoms with Crippen molar-refractivity contribution in [3.05, 3.63) is 17.3 Å². The van der Waals surface area contributed by atoms with E-state index in [2.05, 4.69) is 25.5 Å². The Labute approximate surface area is 198 Å². The molecule has 1 saturated heterocycles. The molecule has 2 amide bonds. The number of rotatable bonds is 7. The number of aryl methyl sites for hydroxylation is 2. The maximum absolute atomic E-state index is 12.8. The van der Waals surface area contributed by atoms with Gasteiger partial charge in [-0.1, -0.05) is 10.3 Å². The van der Waals surface area contributed by atoms with Gasteiger partial charge in [-0.05, 0) is 41.0 Å². The molecule has 0 aliphatic carbocycles. The molecule has 0 spiro atoms. The third-order valence-electron chi connectivity index (χ3n) is 5.42. The standard InChI is InChI=1S/C22H34N6O6/c1-14-18(15(2)33-25-14)19-24-17(26-34-19)12-27-8-7-9-28(11-10-27)21(30)23-16(20(29)31-6)13-32-22(3,4)5/h16H,7-13H2,1-6H3,(H,23,30). The van der Waals surface area contributed by atoms with Crippen molar-refractivity contribution in [3.63, 3.8) is 0 Å². The number of ether oxygens (including phenoxy) is 2. The fourth-order valence-electron chi connectivity index (χ4n) is 3.62. The molecule has 1 unspecified atom stereocenters. The Morgan fingerprint density at radius 1 is 1.12 bits per heavy atom. The van der Waals surface area contributed by atoms with Crippen LogP contribution in [0.15, 0.2) is 9.05 Å². The van der Waals surface area contributed by atoms with E-state index in [-0.39, 0.29) is 12.6 Å². The van der Waals surface area contributed by atoms with E-state index in [0.717, 1.165) is 13.0 Å². The second kappa shape index (κ2) is 11.0. The molecule has 34 heavy (non-hydrogen) atoms. The molecule has 0 bridgehead atoms. The van der Waals surface area contributed by atoms with E-state index in [0.29, 0.717) is 54.9 Å². The lowest BCUT2D eigenvalue weighted by molar-refractivity contribution is -0.146. The van der Waals surface area contributed by atoms with Gasteiger partial charge >= 0.3 is 12.0 Å². The van der Waals surface area contributed by atoms with E-state index in [1.54, 1.807) is 11.8 Å². The van der Waals surface area contributed by atoms with Crippen molar-refractivity contribution < 1.29 is 28.1 Å². The first kappa shape index (κ1) is 25.6. The second-order valence-electron chi connectivity index (χ2n) is 9.28. The number of nitrogens with zero attached hydrogens (tertiary/aromatic N) is 5. The fraction of sp³-hybridized carbons (Fsp3) is 0.682. The number of aromatic nitrogens is 3. The van der Waals surface area contributed by atoms with E-state index in [4.69, 9.17) is 18.5 Å². The van der Waals surface area contributed by atoms with Crippen LogP contribution in [0.3, 0.4) is 0 Å². The molecular weight excluding hydrogens is 444 g/mol. The van der Waals surface area contributed by atoms with Gasteiger partial charge in [0.25, 0.3) is 5.89 Å². The van der Waals surface area contributed by atoms with Crippen molar-refractivity contribution in [2.24, 2.45) is 0 Å². The van der Waals surface area contributed by atoms with Crippen LogP contribution in [0.2, 0.25) is 0 Å². The molecule has 0 radical (unpaired) electrons. The fourth-order valence-corrected chi connectivity index (χ4v) is 3.62. The first-order valence-corrected chi connectivity index (χ1v) is 11.3. The monoisotopic (exact) mass is 478 g/mol. The number of urea groups is 1. The number of carbonyl (C=O) groups is 2. The van der Waals surface area contributed by atoms with Crippen molar-refractivity contribution in [2.45, 2.75) is 59.2 Å². The quantitative estimate of drug-likeness (QED) is 0.588. The Balaban J connectivity index is 1.55. The number of hydrogen-bond donors (Lipinski definition) is 1. The summed E-state index contributed by atoms with van der Waals surface area (Å²) in [5, 5.41) is 10.8. The Bertz CT molecular complexity index is 961. The third-order valence-corrected chi connectivity index (χ3v) is 5.42. The number of carbonyl (C=O) groups excluding carboxylic acids is 2. The molecule has 188 valence electrons. The van der Waals surface area contributed by atoms with Gasteiger partial charge < -0.3 is 28.7 Å². The summed E-state index contributed by atoms with van der Waals surface area (Å²) >= 11 is 0. The minimum Gasteiger partial charge on any atom is -0.467 e. The molecule has 12 nitrogen and oxygen atoms in total. The molecular formula is C22H34N6O6. The van der Waals surface area contributed by atoms with Gasteiger partial charge in [-0.2, -0.15) is 4.98 Å². The highest BCUT2D eigenvalue weighted by Crippen LogP contribution is 2.25. The highest BCUT2D eigenvalue weighted by Gasteiger charge is 2.28. The van der Waals surface area contributed by atoms with E-state index in [1.165, 1.54) is 7.11 Å². The van der Waals surface area contributed by atoms with Crippen molar-refractivity contribution in [2.75, 3.05) is 39.9 Å². The average molecular weight is 479 g/mol. The summed E-state index contributed by atoms with van der Waals surface area (Å²) < 4.78 is 21.1. The third kappa shape index (κ3) is 6.76. The van der Waals surface area contributed by atoms with Crippen LogP contribution >= 0.6 is 0 Å². The van der Waals surface area contributed by atoms with Gasteiger partial charge in [0, 0.05) is 26.2 Å². The van der Waals surface area contributed by atoms with Gasteiger partial charge in [0.05, 0.1) is 31.6 Å². The minimum atomic E-state index is -0.877. The van der Waals surface area contributed by atoms with E-state index >= 15 is 0 Å². The lowest BCUT2D eigenvalue weighted by atomic mass is 10.2. The summed E-state index contributed by atoms with van der Waals surface area (Å²) in [6, 6.07) is -1.20. The average Bonchev–Trinajstić information content (AvgIpc) is 3.27. The maximum atomic E-state index is 12.8. The minimum absolute atomic E-state index is 0.0349. The van der Waals surface area contributed by atoms with Crippen molar-refractivity contribution in [1.82, 2.24) is 30.4 Å². The molecule has 2 aromatic rings. The van der Waals surface area contributed by atoms with Crippen LogP contribution in [0.1, 0.15) is 44.5 Å². The summed E-state index contributed by atoms with van der Waals surface area (Å²) in [6.45, 7) is 12.3. The Hall–Kier alpha value is -2.99. The first-order chi connectivity index (χ1) is 16.1. The van der Waals surface area contributed by atoms with Gasteiger partial charge in [0.2, 0.25) is 0 Å². The molecule has 0 aromatic carbocycles. The van der Waals surface area contributed by atoms with Crippen LogP contribution in [-0.2, 0) is 20.8 Å². The van der Waals surface area contributed by atoms with Gasteiger partial charge in [-0.15, -0.1) is 0 Å². The second-order valence-corrected chi connectivity index (χ2v) is 9.28. The lowest BCUT2D eigenvalue weighted by Gasteiger charge is -2.27. The van der Waals surface area contributed by atoms with Crippen LogP contribution < -0.4 is 5.32 Å². The normalized spacial score (nSPS) is 16.2. The molecule has 1 fully saturated rings. The molecule has 1 aliphatic rings. The van der Waals surface area contributed by atoms with Crippen molar-refractivity contribution in [1.29, 1.82) is 0 Å². The van der Waals surface area contributed by atoms with Gasteiger partial charge in [-0.3, -0.25) is 4.90 Å². The summed E-state index contributed by atoms with van der Waals surface area (Å²) in [7, 11) is 1.29. The highest BCUT2D eigenvalue weighted by atomic mass is 16.5. The Morgan fingerprint density at radius 2 is 1.88 bits per heavy atom. The highest BCUT2D eigenvalue weighted by molar-refractivity contribution is 5.83. The Morgan fingerprint density at radius 3 is 2.53 bits per heavy atom.